The van der Waals surface area contributed by atoms with E-state index in [0.717, 1.165) is 5.75 Å². The number of carbonyl (C=O) groups is 1. The number of aliphatic carboxylic acids is 1. The molecule has 1 atom stereocenters. The minimum atomic E-state index is -4.72. The van der Waals surface area contributed by atoms with Crippen molar-refractivity contribution < 1.29 is 35.8 Å². The molecule has 9 nitrogen and oxygen atoms in total. The van der Waals surface area contributed by atoms with Crippen LogP contribution in [0.1, 0.15) is 26.2 Å². The Bertz CT molecular complexity index is 469. The van der Waals surface area contributed by atoms with Gasteiger partial charge in [0.05, 0.1) is 0 Å². The van der Waals surface area contributed by atoms with E-state index in [2.05, 4.69) is 0 Å². The Kier molecular flexibility index (Phi) is 11.3. The average Bonchev–Trinajstić information content (AvgIpc) is 2.30. The number of hydrogen-bond acceptors (Lipinski definition) is 7. The van der Waals surface area contributed by atoms with Crippen molar-refractivity contribution in [1.82, 2.24) is 0 Å². The molecule has 0 aromatic carbocycles. The molecular formula is C9H21NO8S3. The van der Waals surface area contributed by atoms with E-state index in [9.17, 15) is 21.6 Å². The molecule has 1 unspecified atom stereocenters. The van der Waals surface area contributed by atoms with Crippen LogP contribution >= 0.6 is 11.8 Å². The van der Waals surface area contributed by atoms with Gasteiger partial charge in [-0.15, -0.1) is 0 Å². The third-order valence-electron chi connectivity index (χ3n) is 2.14. The minimum Gasteiger partial charge on any atom is -0.480 e. The Morgan fingerprint density at radius 1 is 1.14 bits per heavy atom. The van der Waals surface area contributed by atoms with Crippen LogP contribution in [0.15, 0.2) is 0 Å². The van der Waals surface area contributed by atoms with E-state index in [-0.39, 0.29) is 12.8 Å². The van der Waals surface area contributed by atoms with Crippen LogP contribution in [-0.4, -0.2) is 59.6 Å². The number of nitrogens with two attached hydrogens (primary N) is 1. The van der Waals surface area contributed by atoms with Crippen molar-refractivity contribution in [2.75, 3.05) is 12.0 Å². The molecule has 5 N–H and O–H groups in total. The number of rotatable bonds is 8. The van der Waals surface area contributed by atoms with Gasteiger partial charge in [0.1, 0.15) is 6.04 Å². The van der Waals surface area contributed by atoms with Crippen molar-refractivity contribution in [3.05, 3.63) is 0 Å². The first-order valence-corrected chi connectivity index (χ1v) is 10.2. The average molecular weight is 367 g/mol. The van der Waals surface area contributed by atoms with E-state index in [1.54, 1.807) is 11.8 Å². The normalized spacial score (nSPS) is 13.4. The summed E-state index contributed by atoms with van der Waals surface area (Å²) in [4.78, 5) is 10.1. The van der Waals surface area contributed by atoms with Crippen LogP contribution in [-0.2, 0) is 25.0 Å². The lowest BCUT2D eigenvalue weighted by molar-refractivity contribution is -0.138. The lowest BCUT2D eigenvalue weighted by atomic mass is 10.2. The number of hydrogen-bond donors (Lipinski definition) is 4. The molecule has 21 heavy (non-hydrogen) atoms. The molecule has 128 valence electrons. The van der Waals surface area contributed by atoms with E-state index in [1.807, 2.05) is 6.26 Å². The molecule has 12 heteroatoms. The van der Waals surface area contributed by atoms with Gasteiger partial charge in [-0.05, 0) is 24.9 Å². The van der Waals surface area contributed by atoms with Gasteiger partial charge in [0.25, 0.3) is 20.2 Å². The van der Waals surface area contributed by atoms with Crippen LogP contribution in [0.4, 0.5) is 0 Å². The third-order valence-corrected chi connectivity index (χ3v) is 6.04. The Morgan fingerprint density at radius 3 is 1.76 bits per heavy atom. The van der Waals surface area contributed by atoms with Crippen LogP contribution in [0, 0.1) is 0 Å². The first-order valence-electron chi connectivity index (χ1n) is 5.77. The van der Waals surface area contributed by atoms with Crippen molar-refractivity contribution >= 4 is 38.0 Å². The summed E-state index contributed by atoms with van der Waals surface area (Å²) in [6, 6.07) is -0.683. The predicted octanol–water partition coefficient (Wildman–Crippen LogP) is 0.0396. The molecule has 0 aliphatic rings. The smallest absolute Gasteiger partial charge is 0.320 e. The molecule has 0 rings (SSSR count). The fourth-order valence-electron chi connectivity index (χ4n) is 1.06. The van der Waals surface area contributed by atoms with Gasteiger partial charge in [-0.3, -0.25) is 13.9 Å². The topological polar surface area (TPSA) is 172 Å². The van der Waals surface area contributed by atoms with Gasteiger partial charge in [0.2, 0.25) is 4.58 Å². The second-order valence-corrected chi connectivity index (χ2v) is 8.46. The van der Waals surface area contributed by atoms with E-state index in [1.165, 1.54) is 6.92 Å². The summed E-state index contributed by atoms with van der Waals surface area (Å²) in [7, 11) is -9.45. The summed E-state index contributed by atoms with van der Waals surface area (Å²) in [5.74, 6) is -0.1000. The van der Waals surface area contributed by atoms with Gasteiger partial charge < -0.3 is 10.8 Å². The molecule has 0 aliphatic carbocycles. The summed E-state index contributed by atoms with van der Waals surface area (Å²) in [6.07, 6.45) is 2.38. The summed E-state index contributed by atoms with van der Waals surface area (Å²) in [6.45, 7) is 1.53. The SMILES string of the molecule is CCCC(S(=O)(=O)O)S(=O)(=O)O.CSCCC(N)C(=O)O. The molecule has 0 saturated heterocycles. The second kappa shape index (κ2) is 10.3. The Hall–Kier alpha value is -0.400. The summed E-state index contributed by atoms with van der Waals surface area (Å²) in [5, 5.41) is 8.27. The zero-order chi connectivity index (χ0) is 17.3. The maximum atomic E-state index is 10.4. The predicted molar refractivity (Wildman–Crippen MR) is 80.4 cm³/mol. The highest BCUT2D eigenvalue weighted by Gasteiger charge is 2.34. The van der Waals surface area contributed by atoms with E-state index >= 15 is 0 Å². The van der Waals surface area contributed by atoms with Gasteiger partial charge in [-0.1, -0.05) is 13.3 Å². The first-order chi connectivity index (χ1) is 9.37. The van der Waals surface area contributed by atoms with E-state index in [0.29, 0.717) is 6.42 Å². The van der Waals surface area contributed by atoms with Gasteiger partial charge in [0.15, 0.2) is 0 Å². The number of carboxylic acid groups (broad SMARTS) is 1. The van der Waals surface area contributed by atoms with E-state index in [4.69, 9.17) is 19.9 Å². The Morgan fingerprint density at radius 2 is 1.57 bits per heavy atom. The summed E-state index contributed by atoms with van der Waals surface area (Å²) in [5.41, 5.74) is 5.19. The Labute approximate surface area is 128 Å². The fraction of sp³-hybridized carbons (Fsp3) is 0.889. The molecule has 0 aromatic heterocycles. The van der Waals surface area contributed by atoms with Crippen molar-refractivity contribution in [2.24, 2.45) is 5.73 Å². The minimum absolute atomic E-state index is 0.226. The second-order valence-electron chi connectivity index (χ2n) is 3.97. The van der Waals surface area contributed by atoms with Crippen LogP contribution in [0.5, 0.6) is 0 Å². The zero-order valence-corrected chi connectivity index (χ0v) is 14.1. The first kappa shape index (κ1) is 22.9. The number of thioether (sulfide) groups is 1. The van der Waals surface area contributed by atoms with Crippen molar-refractivity contribution in [3.63, 3.8) is 0 Å². The van der Waals surface area contributed by atoms with E-state index < -0.39 is 36.8 Å². The standard InChI is InChI=1S/C5H11NO2S.C4H10O6S2/c1-9-3-2-4(6)5(7)8;1-2-3-4(11(5,6)7)12(8,9)10/h4H,2-3,6H2,1H3,(H,7,8);4H,2-3H2,1H3,(H,5,6,7)(H,8,9,10). The van der Waals surface area contributed by atoms with Gasteiger partial charge in [0, 0.05) is 0 Å². The largest absolute Gasteiger partial charge is 0.480 e. The lowest BCUT2D eigenvalue weighted by Gasteiger charge is -2.07. The van der Waals surface area contributed by atoms with Crippen LogP contribution < -0.4 is 5.73 Å². The molecular weight excluding hydrogens is 346 g/mol. The maximum Gasteiger partial charge on any atom is 0.320 e. The molecule has 0 heterocycles. The molecule has 0 bridgehead atoms. The lowest BCUT2D eigenvalue weighted by Crippen LogP contribution is -2.30. The van der Waals surface area contributed by atoms with Crippen LogP contribution in [0.2, 0.25) is 0 Å². The molecule has 0 aromatic rings. The summed E-state index contributed by atoms with van der Waals surface area (Å²) < 4.78 is 56.2. The maximum absolute atomic E-state index is 10.4. The number of carboxylic acids is 1. The van der Waals surface area contributed by atoms with Crippen molar-refractivity contribution in [1.29, 1.82) is 0 Å². The molecule has 0 amide bonds. The van der Waals surface area contributed by atoms with Gasteiger partial charge in [-0.25, -0.2) is 0 Å². The Balaban J connectivity index is 0. The van der Waals surface area contributed by atoms with Crippen LogP contribution in [0.3, 0.4) is 0 Å². The molecule has 0 aliphatic heterocycles. The molecule has 0 saturated carbocycles. The quantitative estimate of drug-likeness (QED) is 0.429. The van der Waals surface area contributed by atoms with Gasteiger partial charge in [-0.2, -0.15) is 28.6 Å². The highest BCUT2D eigenvalue weighted by Crippen LogP contribution is 2.12. The van der Waals surface area contributed by atoms with Gasteiger partial charge >= 0.3 is 5.97 Å². The van der Waals surface area contributed by atoms with Crippen LogP contribution in [0.25, 0.3) is 0 Å². The fourth-order valence-corrected chi connectivity index (χ4v) is 3.84. The van der Waals surface area contributed by atoms with Crippen molar-refractivity contribution in [2.45, 2.75) is 36.8 Å². The van der Waals surface area contributed by atoms with Crippen molar-refractivity contribution in [3.8, 4) is 0 Å². The molecule has 0 radical (unpaired) electrons. The highest BCUT2D eigenvalue weighted by atomic mass is 32.3. The monoisotopic (exact) mass is 367 g/mol. The molecule has 0 spiro atoms. The third kappa shape index (κ3) is 11.9. The highest BCUT2D eigenvalue weighted by molar-refractivity contribution is 8.03. The summed E-state index contributed by atoms with van der Waals surface area (Å²) >= 11 is 1.60. The zero-order valence-electron chi connectivity index (χ0n) is 11.7. The molecule has 0 fully saturated rings.